The van der Waals surface area contributed by atoms with Crippen molar-refractivity contribution < 1.29 is 28.1 Å². The van der Waals surface area contributed by atoms with Gasteiger partial charge in [0.2, 0.25) is 5.79 Å². The molecule has 128 valence electrons. The normalized spacial score (nSPS) is 38.9. The van der Waals surface area contributed by atoms with Crippen molar-refractivity contribution in [2.45, 2.75) is 83.9 Å². The molecule has 0 aromatic rings. The number of carbonyl (C=O) groups excluding carboxylic acids is 1. The first kappa shape index (κ1) is 17.3. The maximum absolute atomic E-state index is 11.4. The van der Waals surface area contributed by atoms with E-state index in [0.29, 0.717) is 5.92 Å². The lowest BCUT2D eigenvalue weighted by molar-refractivity contribution is -0.215. The summed E-state index contributed by atoms with van der Waals surface area (Å²) < 4.78 is 29.7. The van der Waals surface area contributed by atoms with Gasteiger partial charge in [0.1, 0.15) is 5.60 Å². The molecule has 1 aliphatic carbocycles. The number of rotatable bonds is 3. The van der Waals surface area contributed by atoms with Crippen LogP contribution < -0.4 is 0 Å². The van der Waals surface area contributed by atoms with Gasteiger partial charge in [-0.15, -0.1) is 0 Å². The fourth-order valence-corrected chi connectivity index (χ4v) is 3.47. The predicted octanol–water partition coefficient (Wildman–Crippen LogP) is 2.14. The van der Waals surface area contributed by atoms with E-state index in [2.05, 4.69) is 6.92 Å². The highest BCUT2D eigenvalue weighted by atomic mass is 16.8. The molecule has 2 atom stereocenters. The van der Waals surface area contributed by atoms with E-state index in [1.807, 2.05) is 27.7 Å². The number of ether oxygens (including phenoxy) is 1. The molecule has 2 unspecified atom stereocenters. The Labute approximate surface area is 138 Å². The van der Waals surface area contributed by atoms with Crippen LogP contribution in [0.3, 0.4) is 0 Å². The van der Waals surface area contributed by atoms with E-state index in [0.717, 1.165) is 12.8 Å². The van der Waals surface area contributed by atoms with E-state index in [4.69, 9.17) is 23.4 Å². The molecule has 0 N–H and O–H groups in total. The van der Waals surface area contributed by atoms with Gasteiger partial charge < -0.3 is 23.4 Å². The molecule has 6 nitrogen and oxygen atoms in total. The van der Waals surface area contributed by atoms with Crippen molar-refractivity contribution in [2.75, 3.05) is 0 Å². The highest BCUT2D eigenvalue weighted by molar-refractivity contribution is 7.11. The fraction of sp³-hybridized carbons (Fsp3) is 0.933. The van der Waals surface area contributed by atoms with Crippen LogP contribution in [0, 0.1) is 5.92 Å². The van der Waals surface area contributed by atoms with E-state index in [1.54, 1.807) is 6.92 Å². The number of carbonyl (C=O) groups is 1. The molecular weight excluding hydrogens is 298 g/mol. The van der Waals surface area contributed by atoms with Gasteiger partial charge in [0.15, 0.2) is 0 Å². The van der Waals surface area contributed by atoms with Crippen LogP contribution in [0.1, 0.15) is 61.3 Å². The molecule has 3 aliphatic rings. The Bertz CT molecular complexity index is 520. The van der Waals surface area contributed by atoms with Gasteiger partial charge >= 0.3 is 20.0 Å². The average Bonchev–Trinajstić information content (AvgIpc) is 3.12. The summed E-state index contributed by atoms with van der Waals surface area (Å²) in [4.78, 5) is 11.4. The Balaban J connectivity index is 1.78. The van der Waals surface area contributed by atoms with Gasteiger partial charge in [-0.3, -0.25) is 4.79 Å². The molecular formula is C15H26B2O6. The van der Waals surface area contributed by atoms with Crippen molar-refractivity contribution in [1.82, 2.24) is 0 Å². The minimum atomic E-state index is -1.18. The van der Waals surface area contributed by atoms with Crippen LogP contribution in [0.5, 0.6) is 0 Å². The van der Waals surface area contributed by atoms with Crippen molar-refractivity contribution in [3.05, 3.63) is 0 Å². The quantitative estimate of drug-likeness (QED) is 0.585. The molecule has 23 heavy (non-hydrogen) atoms. The lowest BCUT2D eigenvalue weighted by Crippen LogP contribution is -2.48. The number of hydrogen-bond acceptors (Lipinski definition) is 6. The van der Waals surface area contributed by atoms with Gasteiger partial charge in [0.25, 0.3) is 0 Å². The molecule has 2 aliphatic heterocycles. The van der Waals surface area contributed by atoms with Crippen LogP contribution in [0.4, 0.5) is 0 Å². The Kier molecular flexibility index (Phi) is 3.73. The largest absolute Gasteiger partial charge is 0.491 e. The Morgan fingerprint density at radius 2 is 1.43 bits per heavy atom. The highest BCUT2D eigenvalue weighted by Gasteiger charge is 2.69. The maximum Gasteiger partial charge on any atom is 0.491 e. The summed E-state index contributed by atoms with van der Waals surface area (Å²) >= 11 is 0. The van der Waals surface area contributed by atoms with Crippen molar-refractivity contribution in [3.63, 3.8) is 0 Å². The molecule has 2 heterocycles. The minimum Gasteiger partial charge on any atom is -0.432 e. The SMILES string of the molecule is CC(=O)OC1(C)OB(B2OC(C)(C)C(C)(C3CC3)O2)OC1(C)C. The lowest BCUT2D eigenvalue weighted by Gasteiger charge is -2.36. The smallest absolute Gasteiger partial charge is 0.432 e. The standard InChI is InChI=1S/C15H26B2O6/c1-10(18)19-15(7)13(4,5)21-17(23-15)16-20-12(2,3)14(6,22-16)11-8-9-11/h11H,8-9H2,1-7H3. The van der Waals surface area contributed by atoms with Gasteiger partial charge in [0.05, 0.1) is 11.2 Å². The van der Waals surface area contributed by atoms with Crippen LogP contribution in [0.15, 0.2) is 0 Å². The maximum atomic E-state index is 11.4. The van der Waals surface area contributed by atoms with Crippen molar-refractivity contribution in [3.8, 4) is 0 Å². The zero-order valence-electron chi connectivity index (χ0n) is 15.1. The monoisotopic (exact) mass is 324 g/mol. The molecule has 3 rings (SSSR count). The first-order valence-corrected chi connectivity index (χ1v) is 8.31. The summed E-state index contributed by atoms with van der Waals surface area (Å²) in [7, 11) is -1.39. The highest BCUT2D eigenvalue weighted by Crippen LogP contribution is 2.53. The average molecular weight is 324 g/mol. The summed E-state index contributed by atoms with van der Waals surface area (Å²) in [6.07, 6.45) is 2.30. The molecule has 0 bridgehead atoms. The topological polar surface area (TPSA) is 63.2 Å². The molecule has 0 amide bonds. The first-order chi connectivity index (χ1) is 10.4. The second-order valence-electron chi connectivity index (χ2n) is 8.15. The zero-order chi connectivity index (χ0) is 17.3. The molecule has 8 heteroatoms. The summed E-state index contributed by atoms with van der Waals surface area (Å²) in [5.41, 5.74) is -1.61. The van der Waals surface area contributed by atoms with E-state index in [9.17, 15) is 4.79 Å². The molecule has 0 aromatic carbocycles. The minimum absolute atomic E-state index is 0.366. The predicted molar refractivity (Wildman–Crippen MR) is 85.3 cm³/mol. The van der Waals surface area contributed by atoms with E-state index < -0.39 is 37.0 Å². The summed E-state index contributed by atoms with van der Waals surface area (Å²) in [6, 6.07) is 0. The Morgan fingerprint density at radius 3 is 1.96 bits per heavy atom. The zero-order valence-corrected chi connectivity index (χ0v) is 15.1. The molecule has 2 saturated heterocycles. The summed E-state index contributed by atoms with van der Waals surface area (Å²) in [5, 5.41) is 0. The second-order valence-corrected chi connectivity index (χ2v) is 8.15. The van der Waals surface area contributed by atoms with Gasteiger partial charge in [-0.2, -0.15) is 0 Å². The van der Waals surface area contributed by atoms with E-state index >= 15 is 0 Å². The third-order valence-corrected chi connectivity index (χ3v) is 5.73. The molecule has 3 fully saturated rings. The van der Waals surface area contributed by atoms with Crippen LogP contribution >= 0.6 is 0 Å². The van der Waals surface area contributed by atoms with Crippen LogP contribution in [0.2, 0.25) is 0 Å². The van der Waals surface area contributed by atoms with Crippen molar-refractivity contribution >= 4 is 20.0 Å². The van der Waals surface area contributed by atoms with Gasteiger partial charge in [0, 0.05) is 13.8 Å². The Morgan fingerprint density at radius 1 is 0.913 bits per heavy atom. The number of hydrogen-bond donors (Lipinski definition) is 0. The van der Waals surface area contributed by atoms with Crippen molar-refractivity contribution in [1.29, 1.82) is 0 Å². The van der Waals surface area contributed by atoms with Gasteiger partial charge in [-0.25, -0.2) is 0 Å². The second kappa shape index (κ2) is 4.97. The van der Waals surface area contributed by atoms with Crippen LogP contribution in [0.25, 0.3) is 0 Å². The summed E-state index contributed by atoms with van der Waals surface area (Å²) in [5.74, 6) is -1.10. The molecule has 1 saturated carbocycles. The Hall–Kier alpha value is -0.560. The van der Waals surface area contributed by atoms with Crippen molar-refractivity contribution in [2.24, 2.45) is 5.92 Å². The summed E-state index contributed by atoms with van der Waals surface area (Å²) in [6.45, 7) is 12.9. The third-order valence-electron chi connectivity index (χ3n) is 5.73. The van der Waals surface area contributed by atoms with Gasteiger partial charge in [-0.05, 0) is 53.4 Å². The number of esters is 1. The molecule has 0 aromatic heterocycles. The van der Waals surface area contributed by atoms with Crippen LogP contribution in [-0.4, -0.2) is 42.6 Å². The first-order valence-electron chi connectivity index (χ1n) is 8.31. The molecule has 0 spiro atoms. The fourth-order valence-electron chi connectivity index (χ4n) is 3.47. The lowest BCUT2D eigenvalue weighted by atomic mass is 9.49. The van der Waals surface area contributed by atoms with Gasteiger partial charge in [-0.1, -0.05) is 0 Å². The van der Waals surface area contributed by atoms with E-state index in [1.165, 1.54) is 6.92 Å². The van der Waals surface area contributed by atoms with E-state index in [-0.39, 0.29) is 5.60 Å². The molecule has 0 radical (unpaired) electrons. The third kappa shape index (κ3) is 2.64. The van der Waals surface area contributed by atoms with Crippen LogP contribution in [-0.2, 0) is 28.1 Å².